The van der Waals surface area contributed by atoms with Gasteiger partial charge >= 0.3 is 0 Å². The molecular weight excluding hydrogens is 176 g/mol. The molecule has 0 fully saturated rings. The SMILES string of the molecule is NC1CCN2CCOc3cccc1c32. The van der Waals surface area contributed by atoms with Crippen LogP contribution in [0.4, 0.5) is 5.69 Å². The third-order valence-electron chi connectivity index (χ3n) is 3.07. The van der Waals surface area contributed by atoms with Crippen LogP contribution in [0.1, 0.15) is 18.0 Å². The molecule has 0 aromatic heterocycles. The van der Waals surface area contributed by atoms with E-state index in [1.165, 1.54) is 11.3 Å². The molecule has 1 atom stereocenters. The van der Waals surface area contributed by atoms with Gasteiger partial charge in [0, 0.05) is 12.6 Å². The summed E-state index contributed by atoms with van der Waals surface area (Å²) in [5.74, 6) is 1.00. The Balaban J connectivity index is 2.19. The molecule has 0 saturated heterocycles. The molecule has 2 aliphatic rings. The van der Waals surface area contributed by atoms with Crippen molar-refractivity contribution in [3.8, 4) is 5.75 Å². The van der Waals surface area contributed by atoms with Gasteiger partial charge in [-0.1, -0.05) is 12.1 Å². The fraction of sp³-hybridized carbons (Fsp3) is 0.455. The molecule has 14 heavy (non-hydrogen) atoms. The van der Waals surface area contributed by atoms with Gasteiger partial charge in [0.1, 0.15) is 12.4 Å². The average molecular weight is 190 g/mol. The maximum absolute atomic E-state index is 6.07. The van der Waals surface area contributed by atoms with Crippen LogP contribution >= 0.6 is 0 Å². The average Bonchev–Trinajstić information content (AvgIpc) is 2.24. The lowest BCUT2D eigenvalue weighted by atomic mass is 9.96. The van der Waals surface area contributed by atoms with Crippen LogP contribution in [0.5, 0.6) is 5.75 Å². The number of ether oxygens (including phenoxy) is 1. The van der Waals surface area contributed by atoms with Crippen molar-refractivity contribution in [2.45, 2.75) is 12.5 Å². The number of hydrogen-bond acceptors (Lipinski definition) is 3. The summed E-state index contributed by atoms with van der Waals surface area (Å²) in [5.41, 5.74) is 8.55. The van der Waals surface area contributed by atoms with E-state index >= 15 is 0 Å². The second-order valence-corrected chi connectivity index (χ2v) is 3.92. The summed E-state index contributed by atoms with van der Waals surface area (Å²) in [7, 11) is 0. The molecule has 0 amide bonds. The van der Waals surface area contributed by atoms with Crippen molar-refractivity contribution < 1.29 is 4.74 Å². The molecule has 3 nitrogen and oxygen atoms in total. The molecule has 0 aliphatic carbocycles. The zero-order valence-electron chi connectivity index (χ0n) is 8.07. The lowest BCUT2D eigenvalue weighted by Gasteiger charge is -2.38. The van der Waals surface area contributed by atoms with Crippen LogP contribution in [0, 0.1) is 0 Å². The van der Waals surface area contributed by atoms with E-state index < -0.39 is 0 Å². The van der Waals surface area contributed by atoms with Crippen LogP contribution in [0.25, 0.3) is 0 Å². The number of nitrogens with zero attached hydrogens (tertiary/aromatic N) is 1. The highest BCUT2D eigenvalue weighted by molar-refractivity contribution is 5.67. The monoisotopic (exact) mass is 190 g/mol. The van der Waals surface area contributed by atoms with Crippen LogP contribution in [0.2, 0.25) is 0 Å². The lowest BCUT2D eigenvalue weighted by Crippen LogP contribution is -2.39. The molecule has 0 spiro atoms. The highest BCUT2D eigenvalue weighted by atomic mass is 16.5. The summed E-state index contributed by atoms with van der Waals surface area (Å²) in [6.07, 6.45) is 1.05. The Morgan fingerprint density at radius 2 is 2.29 bits per heavy atom. The molecule has 74 valence electrons. The summed E-state index contributed by atoms with van der Waals surface area (Å²) in [5, 5.41) is 0. The van der Waals surface area contributed by atoms with Gasteiger partial charge in [0.15, 0.2) is 0 Å². The second kappa shape index (κ2) is 2.89. The molecule has 1 aromatic rings. The third-order valence-corrected chi connectivity index (χ3v) is 3.07. The van der Waals surface area contributed by atoms with E-state index in [1.54, 1.807) is 0 Å². The molecule has 0 radical (unpaired) electrons. The number of para-hydroxylation sites is 1. The molecule has 0 saturated carbocycles. The van der Waals surface area contributed by atoms with Crippen molar-refractivity contribution in [2.24, 2.45) is 5.73 Å². The minimum atomic E-state index is 0.183. The van der Waals surface area contributed by atoms with Gasteiger partial charge in [-0.25, -0.2) is 0 Å². The first-order chi connectivity index (χ1) is 6.86. The van der Waals surface area contributed by atoms with Gasteiger partial charge in [-0.3, -0.25) is 0 Å². The molecule has 2 heterocycles. The highest BCUT2D eigenvalue weighted by Gasteiger charge is 2.27. The summed E-state index contributed by atoms with van der Waals surface area (Å²) in [6, 6.07) is 6.36. The van der Waals surface area contributed by atoms with Crippen molar-refractivity contribution in [2.75, 3.05) is 24.6 Å². The number of rotatable bonds is 0. The first-order valence-electron chi connectivity index (χ1n) is 5.12. The van der Waals surface area contributed by atoms with Gasteiger partial charge < -0.3 is 15.4 Å². The minimum Gasteiger partial charge on any atom is -0.490 e. The van der Waals surface area contributed by atoms with E-state index in [2.05, 4.69) is 11.0 Å². The van der Waals surface area contributed by atoms with Gasteiger partial charge in [-0.2, -0.15) is 0 Å². The quantitative estimate of drug-likeness (QED) is 0.670. The Labute approximate surface area is 83.5 Å². The highest BCUT2D eigenvalue weighted by Crippen LogP contribution is 2.41. The van der Waals surface area contributed by atoms with E-state index in [4.69, 9.17) is 10.5 Å². The number of hydrogen-bond donors (Lipinski definition) is 1. The van der Waals surface area contributed by atoms with Gasteiger partial charge in [0.25, 0.3) is 0 Å². The maximum atomic E-state index is 6.07. The summed E-state index contributed by atoms with van der Waals surface area (Å²) in [4.78, 5) is 2.39. The van der Waals surface area contributed by atoms with Crippen LogP contribution < -0.4 is 15.4 Å². The van der Waals surface area contributed by atoms with E-state index in [0.29, 0.717) is 0 Å². The first-order valence-corrected chi connectivity index (χ1v) is 5.12. The third kappa shape index (κ3) is 1.02. The van der Waals surface area contributed by atoms with Gasteiger partial charge in [-0.15, -0.1) is 0 Å². The Kier molecular flexibility index (Phi) is 1.67. The smallest absolute Gasteiger partial charge is 0.143 e. The standard InChI is InChI=1S/C11H14N2O/c12-9-4-5-13-6-7-14-10-3-1-2-8(9)11(10)13/h1-3,9H,4-7,12H2. The fourth-order valence-corrected chi connectivity index (χ4v) is 2.35. The number of anilines is 1. The Hall–Kier alpha value is -1.22. The first kappa shape index (κ1) is 8.12. The zero-order valence-corrected chi connectivity index (χ0v) is 8.07. The Bertz CT molecular complexity index is 364. The summed E-state index contributed by atoms with van der Waals surface area (Å²) in [6.45, 7) is 2.86. The zero-order chi connectivity index (χ0) is 9.54. The van der Waals surface area contributed by atoms with Crippen molar-refractivity contribution in [1.29, 1.82) is 0 Å². The second-order valence-electron chi connectivity index (χ2n) is 3.92. The molecular formula is C11H14N2O. The molecule has 1 aromatic carbocycles. The molecule has 3 heteroatoms. The topological polar surface area (TPSA) is 38.5 Å². The molecule has 3 rings (SSSR count). The van der Waals surface area contributed by atoms with E-state index in [-0.39, 0.29) is 6.04 Å². The van der Waals surface area contributed by atoms with Crippen LogP contribution in [0.15, 0.2) is 18.2 Å². The summed E-state index contributed by atoms with van der Waals surface area (Å²) < 4.78 is 5.62. The molecule has 2 aliphatic heterocycles. The number of nitrogens with two attached hydrogens (primary N) is 1. The Morgan fingerprint density at radius 1 is 1.36 bits per heavy atom. The maximum Gasteiger partial charge on any atom is 0.143 e. The molecule has 0 bridgehead atoms. The number of benzene rings is 1. The van der Waals surface area contributed by atoms with Gasteiger partial charge in [0.2, 0.25) is 0 Å². The van der Waals surface area contributed by atoms with Crippen molar-refractivity contribution >= 4 is 5.69 Å². The van der Waals surface area contributed by atoms with Gasteiger partial charge in [0.05, 0.1) is 12.2 Å². The van der Waals surface area contributed by atoms with Crippen molar-refractivity contribution in [3.63, 3.8) is 0 Å². The van der Waals surface area contributed by atoms with E-state index in [9.17, 15) is 0 Å². The normalized spacial score (nSPS) is 24.1. The lowest BCUT2D eigenvalue weighted by molar-refractivity contribution is 0.302. The van der Waals surface area contributed by atoms with Crippen molar-refractivity contribution in [1.82, 2.24) is 0 Å². The van der Waals surface area contributed by atoms with E-state index in [1.807, 2.05) is 12.1 Å². The van der Waals surface area contributed by atoms with Crippen LogP contribution in [-0.4, -0.2) is 19.7 Å². The summed E-state index contributed by atoms with van der Waals surface area (Å²) >= 11 is 0. The molecule has 1 unspecified atom stereocenters. The Morgan fingerprint density at radius 3 is 3.21 bits per heavy atom. The van der Waals surface area contributed by atoms with E-state index in [0.717, 1.165) is 31.9 Å². The van der Waals surface area contributed by atoms with Crippen LogP contribution in [0.3, 0.4) is 0 Å². The van der Waals surface area contributed by atoms with Crippen molar-refractivity contribution in [3.05, 3.63) is 23.8 Å². The van der Waals surface area contributed by atoms with Crippen LogP contribution in [-0.2, 0) is 0 Å². The fourth-order valence-electron chi connectivity index (χ4n) is 2.35. The predicted octanol–water partition coefficient (Wildman–Crippen LogP) is 1.29. The largest absolute Gasteiger partial charge is 0.490 e. The molecule has 2 N–H and O–H groups in total. The predicted molar refractivity (Wildman–Crippen MR) is 55.7 cm³/mol. The van der Waals surface area contributed by atoms with Gasteiger partial charge in [-0.05, 0) is 18.1 Å². The minimum absolute atomic E-state index is 0.183.